The lowest BCUT2D eigenvalue weighted by atomic mass is 10.0. The second-order valence-corrected chi connectivity index (χ2v) is 9.70. The van der Waals surface area contributed by atoms with Gasteiger partial charge in [-0.2, -0.15) is 0 Å². The number of hydrogen-bond acceptors (Lipinski definition) is 3. The molecule has 0 saturated heterocycles. The number of ether oxygens (including phenoxy) is 1. The maximum absolute atomic E-state index is 7.84. The van der Waals surface area contributed by atoms with Gasteiger partial charge in [0, 0.05) is 37.9 Å². The minimum Gasteiger partial charge on any atom is -0.475 e. The molecule has 4 nitrogen and oxygen atoms in total. The molecule has 2 aromatic heterocycles. The van der Waals surface area contributed by atoms with Crippen molar-refractivity contribution < 1.29 is 8.85 Å². The molecule has 4 aromatic carbocycles. The third kappa shape index (κ3) is 3.86. The average molecular weight is 497 g/mol. The molecule has 0 bridgehead atoms. The molecule has 0 N–H and O–H groups in total. The predicted molar refractivity (Wildman–Crippen MR) is 156 cm³/mol. The molecule has 1 aliphatic rings. The Morgan fingerprint density at radius 1 is 0.763 bits per heavy atom. The van der Waals surface area contributed by atoms with Gasteiger partial charge in [0.05, 0.1) is 22.8 Å². The number of aryl methyl sites for hydroxylation is 1. The van der Waals surface area contributed by atoms with Crippen molar-refractivity contribution in [1.82, 2.24) is 9.55 Å². The standard InChI is InChI=1S/C34H27N3O/c1-22-14-15-35-31(16-22)25-12-13-30-29-10-6-7-11-32(29)37(33(30)20-25)28-18-26(24-8-4-3-5-9-24)17-27(19-28)34-36-23(2)21-38-34/h3-20,23H,21H2,1-2H3/t23-/m1/s1/i2D3. The number of pyridine rings is 1. The lowest BCUT2D eigenvalue weighted by molar-refractivity contribution is 0.324. The highest BCUT2D eigenvalue weighted by Crippen LogP contribution is 2.36. The zero-order valence-electron chi connectivity index (χ0n) is 23.9. The SMILES string of the molecule is [2H]C([2H])([2H])[C@@H]1COC(c2cc(-c3ccccc3)cc(-n3c4ccccc4c4ccc(-c5cc(C)ccn5)cc43)c2)=N1. The third-order valence-electron chi connectivity index (χ3n) is 7.07. The first-order chi connectivity index (χ1) is 19.8. The Hall–Kier alpha value is -4.70. The van der Waals surface area contributed by atoms with Crippen LogP contribution in [0.1, 0.15) is 22.1 Å². The maximum atomic E-state index is 7.84. The predicted octanol–water partition coefficient (Wildman–Crippen LogP) is 7.99. The van der Waals surface area contributed by atoms with Gasteiger partial charge >= 0.3 is 0 Å². The molecule has 0 saturated carbocycles. The molecule has 0 spiro atoms. The Labute approximate surface area is 226 Å². The summed E-state index contributed by atoms with van der Waals surface area (Å²) in [6.45, 7) is -0.102. The van der Waals surface area contributed by atoms with Gasteiger partial charge in [0.1, 0.15) is 6.61 Å². The molecule has 38 heavy (non-hydrogen) atoms. The zero-order valence-corrected chi connectivity index (χ0v) is 20.9. The van der Waals surface area contributed by atoms with E-state index in [0.29, 0.717) is 5.90 Å². The summed E-state index contributed by atoms with van der Waals surface area (Å²) in [5, 5.41) is 2.29. The highest BCUT2D eigenvalue weighted by atomic mass is 16.5. The Morgan fingerprint density at radius 2 is 1.58 bits per heavy atom. The molecule has 0 unspecified atom stereocenters. The molecular weight excluding hydrogens is 466 g/mol. The number of nitrogens with zero attached hydrogens (tertiary/aromatic N) is 3. The van der Waals surface area contributed by atoms with E-state index in [1.165, 1.54) is 0 Å². The van der Waals surface area contributed by atoms with Crippen LogP contribution < -0.4 is 0 Å². The molecule has 184 valence electrons. The molecule has 0 fully saturated rings. The van der Waals surface area contributed by atoms with E-state index in [0.717, 1.165) is 61.0 Å². The van der Waals surface area contributed by atoms with Crippen LogP contribution in [0, 0.1) is 6.92 Å². The van der Waals surface area contributed by atoms with Gasteiger partial charge in [0.2, 0.25) is 5.90 Å². The first-order valence-corrected chi connectivity index (χ1v) is 12.7. The molecule has 4 heteroatoms. The number of benzene rings is 4. The molecule has 0 aliphatic carbocycles. The van der Waals surface area contributed by atoms with E-state index in [1.807, 2.05) is 48.7 Å². The van der Waals surface area contributed by atoms with Crippen LogP contribution in [0.15, 0.2) is 114 Å². The summed E-state index contributed by atoms with van der Waals surface area (Å²) in [7, 11) is 0. The van der Waals surface area contributed by atoms with E-state index in [-0.39, 0.29) is 6.61 Å². The highest BCUT2D eigenvalue weighted by molar-refractivity contribution is 6.10. The number of hydrogen-bond donors (Lipinski definition) is 0. The maximum Gasteiger partial charge on any atom is 0.216 e. The van der Waals surface area contributed by atoms with Gasteiger partial charge < -0.3 is 9.30 Å². The Morgan fingerprint density at radius 3 is 2.42 bits per heavy atom. The van der Waals surface area contributed by atoms with Crippen LogP contribution in [0.25, 0.3) is 49.9 Å². The van der Waals surface area contributed by atoms with Crippen molar-refractivity contribution in [3.63, 3.8) is 0 Å². The highest BCUT2D eigenvalue weighted by Gasteiger charge is 2.20. The van der Waals surface area contributed by atoms with Crippen LogP contribution in [0.4, 0.5) is 0 Å². The van der Waals surface area contributed by atoms with Crippen LogP contribution in [0.3, 0.4) is 0 Å². The van der Waals surface area contributed by atoms with Gasteiger partial charge in [0.25, 0.3) is 0 Å². The van der Waals surface area contributed by atoms with Crippen molar-refractivity contribution in [2.24, 2.45) is 4.99 Å². The van der Waals surface area contributed by atoms with E-state index in [1.54, 1.807) is 0 Å². The molecule has 1 aliphatic heterocycles. The second-order valence-electron chi connectivity index (χ2n) is 9.70. The largest absolute Gasteiger partial charge is 0.475 e. The topological polar surface area (TPSA) is 39.4 Å². The Balaban J connectivity index is 1.49. The van der Waals surface area contributed by atoms with Crippen molar-refractivity contribution in [3.8, 4) is 28.1 Å². The lowest BCUT2D eigenvalue weighted by Gasteiger charge is -2.14. The molecule has 7 rings (SSSR count). The van der Waals surface area contributed by atoms with E-state index in [4.69, 9.17) is 8.85 Å². The molecule has 0 radical (unpaired) electrons. The van der Waals surface area contributed by atoms with Crippen LogP contribution >= 0.6 is 0 Å². The van der Waals surface area contributed by atoms with E-state index >= 15 is 0 Å². The quantitative estimate of drug-likeness (QED) is 0.248. The smallest absolute Gasteiger partial charge is 0.216 e. The summed E-state index contributed by atoms with van der Waals surface area (Å²) in [5.41, 5.74) is 8.96. The molecule has 6 aromatic rings. The number of aromatic nitrogens is 2. The van der Waals surface area contributed by atoms with Gasteiger partial charge in [-0.3, -0.25) is 4.98 Å². The summed E-state index contributed by atoms with van der Waals surface area (Å²) in [6.07, 6.45) is 1.84. The van der Waals surface area contributed by atoms with Crippen LogP contribution in [0.5, 0.6) is 0 Å². The van der Waals surface area contributed by atoms with Gasteiger partial charge in [0.15, 0.2) is 0 Å². The number of fused-ring (bicyclic) bond motifs is 3. The summed E-state index contributed by atoms with van der Waals surface area (Å²) < 4.78 is 31.6. The van der Waals surface area contributed by atoms with Crippen LogP contribution in [-0.2, 0) is 4.74 Å². The third-order valence-corrected chi connectivity index (χ3v) is 7.07. The monoisotopic (exact) mass is 496 g/mol. The average Bonchev–Trinajstić information content (AvgIpc) is 3.61. The van der Waals surface area contributed by atoms with Gasteiger partial charge in [-0.25, -0.2) is 4.99 Å². The fourth-order valence-corrected chi connectivity index (χ4v) is 5.29. The summed E-state index contributed by atoms with van der Waals surface area (Å²) >= 11 is 0. The summed E-state index contributed by atoms with van der Waals surface area (Å²) in [6, 6.07) is 34.5. The molecular formula is C34H27N3O. The minimum atomic E-state index is -2.21. The van der Waals surface area contributed by atoms with E-state index in [9.17, 15) is 0 Å². The minimum absolute atomic E-state index is 0.0406. The van der Waals surface area contributed by atoms with Crippen molar-refractivity contribution >= 4 is 27.7 Å². The van der Waals surface area contributed by atoms with Crippen molar-refractivity contribution in [1.29, 1.82) is 0 Å². The Kier molecular flexibility index (Phi) is 4.60. The second kappa shape index (κ2) is 9.00. The normalized spacial score (nSPS) is 16.6. The first kappa shape index (κ1) is 19.4. The molecule has 0 amide bonds. The fraction of sp³-hybridized carbons (Fsp3) is 0.118. The fourth-order valence-electron chi connectivity index (χ4n) is 5.29. The number of aliphatic imine (C=N–C) groups is 1. The van der Waals surface area contributed by atoms with Crippen molar-refractivity contribution in [2.45, 2.75) is 19.8 Å². The molecule has 3 heterocycles. The lowest BCUT2D eigenvalue weighted by Crippen LogP contribution is -2.04. The first-order valence-electron chi connectivity index (χ1n) is 14.2. The van der Waals surface area contributed by atoms with Crippen LogP contribution in [-0.4, -0.2) is 28.1 Å². The zero-order chi connectivity index (χ0) is 28.1. The number of rotatable bonds is 4. The van der Waals surface area contributed by atoms with Crippen molar-refractivity contribution in [2.75, 3.05) is 6.61 Å². The Bertz CT molecular complexity index is 1960. The van der Waals surface area contributed by atoms with Crippen molar-refractivity contribution in [3.05, 3.63) is 120 Å². The van der Waals surface area contributed by atoms with Crippen LogP contribution in [0.2, 0.25) is 0 Å². The van der Waals surface area contributed by atoms with Gasteiger partial charge in [-0.15, -0.1) is 0 Å². The van der Waals surface area contributed by atoms with E-state index < -0.39 is 12.9 Å². The number of para-hydroxylation sites is 1. The van der Waals surface area contributed by atoms with Gasteiger partial charge in [-0.05, 0) is 72.9 Å². The summed E-state index contributed by atoms with van der Waals surface area (Å²) in [4.78, 5) is 9.12. The van der Waals surface area contributed by atoms with E-state index in [2.05, 4.69) is 82.1 Å². The van der Waals surface area contributed by atoms with Gasteiger partial charge in [-0.1, -0.05) is 60.7 Å². The molecule has 1 atom stereocenters. The summed E-state index contributed by atoms with van der Waals surface area (Å²) in [5.74, 6) is 0.357.